The average Bonchev–Trinajstić information content (AvgIpc) is 2.77. The van der Waals surface area contributed by atoms with Gasteiger partial charge in [0.05, 0.1) is 43.8 Å². The van der Waals surface area contributed by atoms with Gasteiger partial charge in [0.1, 0.15) is 5.82 Å². The van der Waals surface area contributed by atoms with E-state index in [9.17, 15) is 9.59 Å². The highest BCUT2D eigenvalue weighted by Crippen LogP contribution is 2.26. The Morgan fingerprint density at radius 3 is 2.53 bits per heavy atom. The molecule has 0 bridgehead atoms. The standard InChI is InChI=1S/C23H16Cl3N3O2S/c24-14-9-10-16(25)19(11-14)28-22(30)13-32-12-21-27-18-7-3-1-5-15(18)23(31)29(21)20-8-4-2-6-17(20)26/h1-11H,12-13H2,(H,28,30). The fraction of sp³-hybridized carbons (Fsp3) is 0.0870. The molecule has 0 atom stereocenters. The third-order valence-electron chi connectivity index (χ3n) is 4.61. The number of benzene rings is 3. The lowest BCUT2D eigenvalue weighted by molar-refractivity contribution is -0.113. The van der Waals surface area contributed by atoms with Gasteiger partial charge in [0.25, 0.3) is 5.56 Å². The predicted octanol–water partition coefficient (Wildman–Crippen LogP) is 6.22. The average molecular weight is 505 g/mol. The molecule has 0 saturated carbocycles. The molecular formula is C23H16Cl3N3O2S. The zero-order chi connectivity index (χ0) is 22.7. The van der Waals surface area contributed by atoms with Gasteiger partial charge in [-0.3, -0.25) is 14.2 Å². The molecule has 4 rings (SSSR count). The molecule has 0 fully saturated rings. The first-order valence-corrected chi connectivity index (χ1v) is 11.8. The van der Waals surface area contributed by atoms with Crippen LogP contribution in [0.2, 0.25) is 15.1 Å². The summed E-state index contributed by atoms with van der Waals surface area (Å²) >= 11 is 19.8. The molecule has 0 aliphatic heterocycles. The van der Waals surface area contributed by atoms with E-state index in [1.807, 2.05) is 12.1 Å². The van der Waals surface area contributed by atoms with E-state index in [4.69, 9.17) is 34.8 Å². The van der Waals surface area contributed by atoms with Gasteiger partial charge in [-0.15, -0.1) is 11.8 Å². The summed E-state index contributed by atoms with van der Waals surface area (Å²) in [5, 5.41) is 4.55. The Bertz CT molecular complexity index is 1370. The van der Waals surface area contributed by atoms with Crippen LogP contribution in [0.15, 0.2) is 71.5 Å². The number of carbonyl (C=O) groups is 1. The lowest BCUT2D eigenvalue weighted by atomic mass is 10.2. The molecule has 0 radical (unpaired) electrons. The largest absolute Gasteiger partial charge is 0.324 e. The molecule has 1 heterocycles. The molecule has 1 N–H and O–H groups in total. The van der Waals surface area contributed by atoms with Gasteiger partial charge < -0.3 is 5.32 Å². The second kappa shape index (κ2) is 9.96. The number of fused-ring (bicyclic) bond motifs is 1. The highest BCUT2D eigenvalue weighted by atomic mass is 35.5. The molecule has 0 aliphatic carbocycles. The summed E-state index contributed by atoms with van der Waals surface area (Å²) in [7, 11) is 0. The highest BCUT2D eigenvalue weighted by Gasteiger charge is 2.15. The number of amides is 1. The van der Waals surface area contributed by atoms with Crippen molar-refractivity contribution in [1.29, 1.82) is 0 Å². The molecule has 1 amide bonds. The Labute approximate surface area is 203 Å². The molecule has 0 unspecified atom stereocenters. The number of rotatable bonds is 6. The van der Waals surface area contributed by atoms with Crippen LogP contribution in [0.4, 0.5) is 5.69 Å². The Kier molecular flexibility index (Phi) is 7.06. The number of nitrogens with one attached hydrogen (secondary N) is 1. The maximum absolute atomic E-state index is 13.3. The first-order chi connectivity index (χ1) is 15.4. The second-order valence-electron chi connectivity index (χ2n) is 6.80. The Hall–Kier alpha value is -2.51. The van der Waals surface area contributed by atoms with Crippen molar-refractivity contribution in [1.82, 2.24) is 9.55 Å². The SMILES string of the molecule is O=C(CSCc1nc2ccccc2c(=O)n1-c1ccccc1Cl)Nc1cc(Cl)ccc1Cl. The van der Waals surface area contributed by atoms with Gasteiger partial charge >= 0.3 is 0 Å². The van der Waals surface area contributed by atoms with Crippen molar-refractivity contribution >= 4 is 69.1 Å². The van der Waals surface area contributed by atoms with Gasteiger partial charge in [-0.2, -0.15) is 0 Å². The molecule has 162 valence electrons. The molecule has 5 nitrogen and oxygen atoms in total. The number of hydrogen-bond acceptors (Lipinski definition) is 4. The molecule has 9 heteroatoms. The topological polar surface area (TPSA) is 64.0 Å². The summed E-state index contributed by atoms with van der Waals surface area (Å²) in [5.74, 6) is 0.711. The van der Waals surface area contributed by atoms with E-state index < -0.39 is 0 Å². The lowest BCUT2D eigenvalue weighted by Gasteiger charge is -2.15. The minimum absolute atomic E-state index is 0.133. The molecule has 3 aromatic carbocycles. The summed E-state index contributed by atoms with van der Waals surface area (Å²) in [6, 6.07) is 19.1. The van der Waals surface area contributed by atoms with Gasteiger partial charge in [0.2, 0.25) is 5.91 Å². The van der Waals surface area contributed by atoms with Gasteiger partial charge in [-0.25, -0.2) is 4.98 Å². The monoisotopic (exact) mass is 503 g/mol. The van der Waals surface area contributed by atoms with Crippen LogP contribution in [0.5, 0.6) is 0 Å². The number of anilines is 1. The van der Waals surface area contributed by atoms with Gasteiger partial charge in [-0.05, 0) is 42.5 Å². The van der Waals surface area contributed by atoms with Crippen molar-refractivity contribution in [2.24, 2.45) is 0 Å². The van der Waals surface area contributed by atoms with Crippen molar-refractivity contribution in [2.75, 3.05) is 11.1 Å². The van der Waals surface area contributed by atoms with Crippen LogP contribution in [0.1, 0.15) is 5.82 Å². The first kappa shape index (κ1) is 22.7. The van der Waals surface area contributed by atoms with Gasteiger partial charge in [-0.1, -0.05) is 59.1 Å². The molecule has 4 aromatic rings. The molecule has 32 heavy (non-hydrogen) atoms. The highest BCUT2D eigenvalue weighted by molar-refractivity contribution is 7.99. The maximum Gasteiger partial charge on any atom is 0.266 e. The Morgan fingerprint density at radius 1 is 0.969 bits per heavy atom. The zero-order valence-electron chi connectivity index (χ0n) is 16.5. The number of nitrogens with zero attached hydrogens (tertiary/aromatic N) is 2. The molecular weight excluding hydrogens is 489 g/mol. The van der Waals surface area contributed by atoms with Crippen LogP contribution in [0.25, 0.3) is 16.6 Å². The fourth-order valence-electron chi connectivity index (χ4n) is 3.17. The van der Waals surface area contributed by atoms with Crippen molar-refractivity contribution in [2.45, 2.75) is 5.75 Å². The second-order valence-corrected chi connectivity index (χ2v) is 9.04. The zero-order valence-corrected chi connectivity index (χ0v) is 19.6. The number of aromatic nitrogens is 2. The maximum atomic E-state index is 13.3. The van der Waals surface area contributed by atoms with E-state index in [0.29, 0.717) is 48.9 Å². The summed E-state index contributed by atoms with van der Waals surface area (Å²) in [6.45, 7) is 0. The van der Waals surface area contributed by atoms with Crippen LogP contribution < -0.4 is 10.9 Å². The van der Waals surface area contributed by atoms with E-state index >= 15 is 0 Å². The van der Waals surface area contributed by atoms with Crippen molar-refractivity contribution in [3.63, 3.8) is 0 Å². The molecule has 1 aromatic heterocycles. The van der Waals surface area contributed by atoms with E-state index in [-0.39, 0.29) is 17.2 Å². The fourth-order valence-corrected chi connectivity index (χ4v) is 4.46. The number of carbonyl (C=O) groups excluding carboxylic acids is 1. The van der Waals surface area contributed by atoms with Gasteiger partial charge in [0.15, 0.2) is 0 Å². The smallest absolute Gasteiger partial charge is 0.266 e. The Balaban J connectivity index is 1.59. The molecule has 0 saturated heterocycles. The quantitative estimate of drug-likeness (QED) is 0.339. The number of hydrogen-bond donors (Lipinski definition) is 1. The normalized spacial score (nSPS) is 11.0. The van der Waals surface area contributed by atoms with E-state index in [2.05, 4.69) is 10.3 Å². The summed E-state index contributed by atoms with van der Waals surface area (Å²) in [4.78, 5) is 30.3. The summed E-state index contributed by atoms with van der Waals surface area (Å²) in [5.41, 5.74) is 1.37. The van der Waals surface area contributed by atoms with E-state index in [1.54, 1.807) is 54.6 Å². The number of para-hydroxylation sites is 2. The summed E-state index contributed by atoms with van der Waals surface area (Å²) < 4.78 is 1.50. The predicted molar refractivity (Wildman–Crippen MR) is 134 cm³/mol. The van der Waals surface area contributed by atoms with Crippen molar-refractivity contribution in [3.8, 4) is 5.69 Å². The minimum Gasteiger partial charge on any atom is -0.324 e. The van der Waals surface area contributed by atoms with Crippen molar-refractivity contribution in [3.05, 3.63) is 98.0 Å². The van der Waals surface area contributed by atoms with Crippen LogP contribution in [0.3, 0.4) is 0 Å². The summed E-state index contributed by atoms with van der Waals surface area (Å²) in [6.07, 6.45) is 0. The van der Waals surface area contributed by atoms with Crippen molar-refractivity contribution < 1.29 is 4.79 Å². The molecule has 0 spiro atoms. The van der Waals surface area contributed by atoms with Crippen LogP contribution in [0, 0.1) is 0 Å². The number of thioether (sulfide) groups is 1. The molecule has 0 aliphatic rings. The first-order valence-electron chi connectivity index (χ1n) is 9.52. The van der Waals surface area contributed by atoms with Crippen LogP contribution in [-0.2, 0) is 10.5 Å². The third-order valence-corrected chi connectivity index (χ3v) is 6.42. The van der Waals surface area contributed by atoms with Crippen LogP contribution in [-0.4, -0.2) is 21.2 Å². The minimum atomic E-state index is -0.244. The lowest BCUT2D eigenvalue weighted by Crippen LogP contribution is -2.24. The Morgan fingerprint density at radius 2 is 1.72 bits per heavy atom. The third kappa shape index (κ3) is 4.94. The number of halogens is 3. The van der Waals surface area contributed by atoms with Crippen LogP contribution >= 0.6 is 46.6 Å². The van der Waals surface area contributed by atoms with E-state index in [1.165, 1.54) is 16.3 Å². The van der Waals surface area contributed by atoms with E-state index in [0.717, 1.165) is 0 Å². The van der Waals surface area contributed by atoms with Gasteiger partial charge in [0, 0.05) is 5.02 Å².